The third-order valence-corrected chi connectivity index (χ3v) is 6.51. The van der Waals surface area contributed by atoms with Crippen LogP contribution in [-0.2, 0) is 10.0 Å². The number of sulfonamides is 1. The maximum Gasteiger partial charge on any atom is 0.243 e. The topological polar surface area (TPSA) is 94.3 Å². The second-order valence-electron chi connectivity index (χ2n) is 6.21. The number of rotatable bonds is 4. The zero-order chi connectivity index (χ0) is 18.9. The van der Waals surface area contributed by atoms with E-state index in [1.54, 1.807) is 19.1 Å². The number of aliphatic hydroxyl groups excluding tert-OH is 1. The molecule has 0 radical (unpaired) electrons. The molecule has 2 aromatic rings. The van der Waals surface area contributed by atoms with Crippen molar-refractivity contribution >= 4 is 10.0 Å². The molecule has 136 valence electrons. The van der Waals surface area contributed by atoms with Gasteiger partial charge in [-0.25, -0.2) is 17.8 Å². The van der Waals surface area contributed by atoms with Gasteiger partial charge in [-0.2, -0.15) is 9.57 Å². The number of hydrogen-bond acceptors (Lipinski definition) is 5. The van der Waals surface area contributed by atoms with Crippen molar-refractivity contribution in [2.45, 2.75) is 30.7 Å². The van der Waals surface area contributed by atoms with E-state index in [1.165, 1.54) is 28.6 Å². The van der Waals surface area contributed by atoms with Gasteiger partial charge >= 0.3 is 0 Å². The van der Waals surface area contributed by atoms with E-state index in [2.05, 4.69) is 4.98 Å². The summed E-state index contributed by atoms with van der Waals surface area (Å²) in [5.74, 6) is -0.697. The van der Waals surface area contributed by atoms with Crippen molar-refractivity contribution in [3.05, 3.63) is 47.4 Å². The Balaban J connectivity index is 1.99. The second kappa shape index (κ2) is 7.11. The fraction of sp³-hybridized carbons (Fsp3) is 0.333. The molecule has 0 unspecified atom stereocenters. The molecule has 8 heteroatoms. The molecule has 1 fully saturated rings. The van der Waals surface area contributed by atoms with Crippen LogP contribution in [0.4, 0.5) is 4.39 Å². The molecule has 6 nitrogen and oxygen atoms in total. The van der Waals surface area contributed by atoms with Crippen LogP contribution < -0.4 is 0 Å². The number of nitrogens with zero attached hydrogens (tertiary/aromatic N) is 3. The molecule has 0 saturated carbocycles. The predicted molar refractivity (Wildman–Crippen MR) is 93.1 cm³/mol. The van der Waals surface area contributed by atoms with E-state index in [9.17, 15) is 17.9 Å². The fourth-order valence-electron chi connectivity index (χ4n) is 3.20. The van der Waals surface area contributed by atoms with Gasteiger partial charge in [-0.05, 0) is 49.6 Å². The maximum absolute atomic E-state index is 13.5. The van der Waals surface area contributed by atoms with Crippen LogP contribution in [0.5, 0.6) is 0 Å². The Morgan fingerprint density at radius 1 is 1.38 bits per heavy atom. The van der Waals surface area contributed by atoms with Crippen LogP contribution in [0.1, 0.15) is 24.1 Å². The molecule has 0 bridgehead atoms. The first-order chi connectivity index (χ1) is 12.4. The number of pyridine rings is 1. The SMILES string of the molecule is Cc1cc(S(=O)(=O)N2CCC[C@H]2CO)ccc1-c1ccc(F)c(C#N)n1. The highest BCUT2D eigenvalue weighted by atomic mass is 32.2. The van der Waals surface area contributed by atoms with Gasteiger partial charge < -0.3 is 5.11 Å². The molecule has 1 aromatic heterocycles. The van der Waals surface area contributed by atoms with Gasteiger partial charge in [-0.15, -0.1) is 0 Å². The minimum atomic E-state index is -3.70. The van der Waals surface area contributed by atoms with Gasteiger partial charge in [0.05, 0.1) is 17.2 Å². The first-order valence-electron chi connectivity index (χ1n) is 8.19. The predicted octanol–water partition coefficient (Wildman–Crippen LogP) is 2.21. The molecule has 0 spiro atoms. The number of halogens is 1. The summed E-state index contributed by atoms with van der Waals surface area (Å²) in [5.41, 5.74) is 1.37. The molecule has 1 atom stereocenters. The van der Waals surface area contributed by atoms with E-state index in [0.29, 0.717) is 29.8 Å². The van der Waals surface area contributed by atoms with Crippen molar-refractivity contribution in [3.8, 4) is 17.3 Å². The van der Waals surface area contributed by atoms with E-state index >= 15 is 0 Å². The zero-order valence-electron chi connectivity index (χ0n) is 14.2. The lowest BCUT2D eigenvalue weighted by atomic mass is 10.1. The van der Waals surface area contributed by atoms with E-state index in [1.807, 2.05) is 0 Å². The van der Waals surface area contributed by atoms with Crippen molar-refractivity contribution in [2.75, 3.05) is 13.2 Å². The zero-order valence-corrected chi connectivity index (χ0v) is 15.0. The molecular weight excluding hydrogens is 357 g/mol. The van der Waals surface area contributed by atoms with Crippen molar-refractivity contribution in [1.82, 2.24) is 9.29 Å². The lowest BCUT2D eigenvalue weighted by Crippen LogP contribution is -2.37. The number of nitriles is 1. The minimum absolute atomic E-state index is 0.140. The first kappa shape index (κ1) is 18.5. The monoisotopic (exact) mass is 375 g/mol. The largest absolute Gasteiger partial charge is 0.395 e. The number of benzene rings is 1. The smallest absolute Gasteiger partial charge is 0.243 e. The third kappa shape index (κ3) is 3.21. The fourth-order valence-corrected chi connectivity index (χ4v) is 4.97. The van der Waals surface area contributed by atoms with Crippen molar-refractivity contribution in [3.63, 3.8) is 0 Å². The summed E-state index contributed by atoms with van der Waals surface area (Å²) >= 11 is 0. The van der Waals surface area contributed by atoms with Crippen LogP contribution in [0.25, 0.3) is 11.3 Å². The Kier molecular flexibility index (Phi) is 5.05. The summed E-state index contributed by atoms with van der Waals surface area (Å²) in [4.78, 5) is 4.13. The summed E-state index contributed by atoms with van der Waals surface area (Å²) < 4.78 is 40.5. The Labute approximate surface area is 151 Å². The molecule has 2 heterocycles. The quantitative estimate of drug-likeness (QED) is 0.884. The van der Waals surface area contributed by atoms with Crippen molar-refractivity contribution < 1.29 is 17.9 Å². The molecule has 1 aliphatic heterocycles. The third-order valence-electron chi connectivity index (χ3n) is 4.57. The molecule has 3 rings (SSSR count). The average Bonchev–Trinajstić information content (AvgIpc) is 3.12. The van der Waals surface area contributed by atoms with Gasteiger partial charge in [0.15, 0.2) is 11.5 Å². The molecular formula is C18H18FN3O3S. The minimum Gasteiger partial charge on any atom is -0.395 e. The van der Waals surface area contributed by atoms with Crippen LogP contribution in [0.2, 0.25) is 0 Å². The highest BCUT2D eigenvalue weighted by Gasteiger charge is 2.35. The summed E-state index contributed by atoms with van der Waals surface area (Å²) in [5, 5.41) is 18.3. The molecule has 1 aliphatic rings. The van der Waals surface area contributed by atoms with Crippen LogP contribution >= 0.6 is 0 Å². The number of aliphatic hydroxyl groups is 1. The normalized spacial score (nSPS) is 18.0. The van der Waals surface area contributed by atoms with E-state index in [0.717, 1.165) is 6.42 Å². The summed E-state index contributed by atoms with van der Waals surface area (Å²) in [6, 6.07) is 8.54. The first-order valence-corrected chi connectivity index (χ1v) is 9.63. The molecule has 0 amide bonds. The van der Waals surface area contributed by atoms with E-state index < -0.39 is 21.9 Å². The summed E-state index contributed by atoms with van der Waals surface area (Å²) in [7, 11) is -3.70. The van der Waals surface area contributed by atoms with Crippen LogP contribution in [0.15, 0.2) is 35.2 Å². The lowest BCUT2D eigenvalue weighted by Gasteiger charge is -2.22. The highest BCUT2D eigenvalue weighted by molar-refractivity contribution is 7.89. The number of hydrogen-bond donors (Lipinski definition) is 1. The summed E-state index contributed by atoms with van der Waals surface area (Å²) in [6.45, 7) is 1.92. The Morgan fingerprint density at radius 2 is 2.15 bits per heavy atom. The second-order valence-corrected chi connectivity index (χ2v) is 8.10. The highest BCUT2D eigenvalue weighted by Crippen LogP contribution is 2.29. The van der Waals surface area contributed by atoms with Gasteiger partial charge in [0.1, 0.15) is 6.07 Å². The molecule has 1 N–H and O–H groups in total. The maximum atomic E-state index is 13.5. The average molecular weight is 375 g/mol. The van der Waals surface area contributed by atoms with Gasteiger partial charge in [0.25, 0.3) is 0 Å². The molecule has 1 aromatic carbocycles. The van der Waals surface area contributed by atoms with Crippen LogP contribution in [-0.4, -0.2) is 42.0 Å². The number of aryl methyl sites for hydroxylation is 1. The Hall–Kier alpha value is -2.34. The van der Waals surface area contributed by atoms with Crippen molar-refractivity contribution in [1.29, 1.82) is 5.26 Å². The Bertz CT molecular complexity index is 986. The van der Waals surface area contributed by atoms with Gasteiger partial charge in [0.2, 0.25) is 10.0 Å². The molecule has 26 heavy (non-hydrogen) atoms. The van der Waals surface area contributed by atoms with Gasteiger partial charge in [0, 0.05) is 18.2 Å². The van der Waals surface area contributed by atoms with Crippen LogP contribution in [0, 0.1) is 24.1 Å². The molecule has 1 saturated heterocycles. The van der Waals surface area contributed by atoms with Crippen molar-refractivity contribution in [2.24, 2.45) is 0 Å². The summed E-state index contributed by atoms with van der Waals surface area (Å²) in [6.07, 6.45) is 1.36. The van der Waals surface area contributed by atoms with Crippen LogP contribution in [0.3, 0.4) is 0 Å². The standard InChI is InChI=1S/C18H18FN3O3S/c1-12-9-14(26(24,25)22-8-2-3-13(22)11-23)4-5-15(12)17-7-6-16(19)18(10-20)21-17/h4-7,9,13,23H,2-3,8,11H2,1H3/t13-/m0/s1. The molecule has 0 aliphatic carbocycles. The lowest BCUT2D eigenvalue weighted by molar-refractivity contribution is 0.213. The van der Waals surface area contributed by atoms with Gasteiger partial charge in [-0.1, -0.05) is 6.07 Å². The van der Waals surface area contributed by atoms with E-state index in [4.69, 9.17) is 5.26 Å². The Morgan fingerprint density at radius 3 is 2.81 bits per heavy atom. The van der Waals surface area contributed by atoms with E-state index in [-0.39, 0.29) is 17.2 Å². The van der Waals surface area contributed by atoms with Gasteiger partial charge in [-0.3, -0.25) is 0 Å². The number of aromatic nitrogens is 1.